The third-order valence-corrected chi connectivity index (χ3v) is 2.14. The zero-order valence-electron chi connectivity index (χ0n) is 8.17. The number of halogens is 3. The summed E-state index contributed by atoms with van der Waals surface area (Å²) < 4.78 is 38.7. The summed E-state index contributed by atoms with van der Waals surface area (Å²) in [4.78, 5) is 10.8. The minimum atomic E-state index is -1.61. The van der Waals surface area contributed by atoms with Gasteiger partial charge in [0.15, 0.2) is 17.5 Å². The number of aromatic amines is 1. The van der Waals surface area contributed by atoms with Gasteiger partial charge in [0.1, 0.15) is 5.56 Å². The summed E-state index contributed by atoms with van der Waals surface area (Å²) in [6, 6.07) is 1.39. The van der Waals surface area contributed by atoms with Gasteiger partial charge < -0.3 is 5.11 Å². The van der Waals surface area contributed by atoms with E-state index < -0.39 is 23.4 Å². The first-order valence-corrected chi connectivity index (χ1v) is 4.42. The number of carboxylic acids is 1. The van der Waals surface area contributed by atoms with Crippen LogP contribution in [0.15, 0.2) is 18.3 Å². The first kappa shape index (κ1) is 11.2. The molecular weight excluding hydrogens is 237 g/mol. The number of nitrogens with one attached hydrogen (secondary N) is 1. The Labute approximate surface area is 92.7 Å². The molecule has 0 unspecified atom stereocenters. The summed E-state index contributed by atoms with van der Waals surface area (Å²) in [7, 11) is 0. The van der Waals surface area contributed by atoms with Gasteiger partial charge in [0, 0.05) is 5.56 Å². The molecule has 4 nitrogen and oxygen atoms in total. The lowest BCUT2D eigenvalue weighted by Gasteiger charge is -2.02. The number of H-pyrrole nitrogens is 1. The molecule has 0 atom stereocenters. The summed E-state index contributed by atoms with van der Waals surface area (Å²) in [6.45, 7) is 0. The lowest BCUT2D eigenvalue weighted by atomic mass is 10.1. The molecule has 0 saturated heterocycles. The SMILES string of the molecule is O=C(O)c1cn[nH]c1-c1cc(F)c(F)c(F)c1. The smallest absolute Gasteiger partial charge is 0.339 e. The van der Waals surface area contributed by atoms with E-state index >= 15 is 0 Å². The Morgan fingerprint density at radius 2 is 1.82 bits per heavy atom. The summed E-state index contributed by atoms with van der Waals surface area (Å²) in [5.41, 5.74) is -0.470. The average Bonchev–Trinajstić information content (AvgIpc) is 2.74. The number of carboxylic acid groups (broad SMARTS) is 1. The van der Waals surface area contributed by atoms with Crippen LogP contribution in [-0.4, -0.2) is 21.3 Å². The highest BCUT2D eigenvalue weighted by atomic mass is 19.2. The molecule has 0 bridgehead atoms. The van der Waals surface area contributed by atoms with Gasteiger partial charge in [-0.1, -0.05) is 0 Å². The second-order valence-corrected chi connectivity index (χ2v) is 3.22. The molecule has 2 N–H and O–H groups in total. The second kappa shape index (κ2) is 3.93. The van der Waals surface area contributed by atoms with Crippen molar-refractivity contribution in [3.8, 4) is 11.3 Å². The molecular formula is C10H5F3N2O2. The Kier molecular flexibility index (Phi) is 2.58. The van der Waals surface area contributed by atoms with Crippen molar-refractivity contribution in [1.29, 1.82) is 0 Å². The number of hydrogen-bond acceptors (Lipinski definition) is 2. The van der Waals surface area contributed by atoms with E-state index in [0.717, 1.165) is 6.20 Å². The van der Waals surface area contributed by atoms with E-state index in [2.05, 4.69) is 10.2 Å². The molecule has 17 heavy (non-hydrogen) atoms. The number of aromatic carboxylic acids is 1. The molecule has 0 aliphatic rings. The predicted molar refractivity (Wildman–Crippen MR) is 50.9 cm³/mol. The fourth-order valence-corrected chi connectivity index (χ4v) is 1.37. The van der Waals surface area contributed by atoms with E-state index in [9.17, 15) is 18.0 Å². The van der Waals surface area contributed by atoms with Crippen LogP contribution in [0.25, 0.3) is 11.3 Å². The predicted octanol–water partition coefficient (Wildman–Crippen LogP) is 2.19. The zero-order chi connectivity index (χ0) is 12.6. The first-order valence-electron chi connectivity index (χ1n) is 4.42. The quantitative estimate of drug-likeness (QED) is 0.793. The zero-order valence-corrected chi connectivity index (χ0v) is 8.17. The van der Waals surface area contributed by atoms with Crippen LogP contribution in [0.5, 0.6) is 0 Å². The van der Waals surface area contributed by atoms with Gasteiger partial charge >= 0.3 is 5.97 Å². The summed E-state index contributed by atoms with van der Waals surface area (Å²) in [5, 5.41) is 14.5. The molecule has 0 aliphatic heterocycles. The third kappa shape index (κ3) is 1.86. The van der Waals surface area contributed by atoms with Gasteiger partial charge in [-0.3, -0.25) is 5.10 Å². The number of carbonyl (C=O) groups is 1. The van der Waals surface area contributed by atoms with Crippen LogP contribution in [0.4, 0.5) is 13.2 Å². The van der Waals surface area contributed by atoms with Crippen LogP contribution in [-0.2, 0) is 0 Å². The lowest BCUT2D eigenvalue weighted by Crippen LogP contribution is -1.98. The van der Waals surface area contributed by atoms with Gasteiger partial charge in [-0.2, -0.15) is 5.10 Å². The van der Waals surface area contributed by atoms with E-state index in [0.29, 0.717) is 12.1 Å². The third-order valence-electron chi connectivity index (χ3n) is 2.14. The summed E-state index contributed by atoms with van der Waals surface area (Å²) >= 11 is 0. The van der Waals surface area contributed by atoms with Crippen LogP contribution in [0.3, 0.4) is 0 Å². The second-order valence-electron chi connectivity index (χ2n) is 3.22. The number of aromatic nitrogens is 2. The molecule has 0 fully saturated rings. The van der Waals surface area contributed by atoms with Crippen LogP contribution in [0, 0.1) is 17.5 Å². The van der Waals surface area contributed by atoms with Crippen molar-refractivity contribution in [3.05, 3.63) is 41.3 Å². The summed E-state index contributed by atoms with van der Waals surface area (Å²) in [6.07, 6.45) is 0.997. The number of nitrogens with zero attached hydrogens (tertiary/aromatic N) is 1. The fourth-order valence-electron chi connectivity index (χ4n) is 1.37. The molecule has 0 spiro atoms. The Balaban J connectivity index is 2.61. The molecule has 2 aromatic rings. The van der Waals surface area contributed by atoms with Gasteiger partial charge in [-0.25, -0.2) is 18.0 Å². The number of hydrogen-bond donors (Lipinski definition) is 2. The highest BCUT2D eigenvalue weighted by molar-refractivity contribution is 5.94. The van der Waals surface area contributed by atoms with Crippen LogP contribution in [0.1, 0.15) is 10.4 Å². The van der Waals surface area contributed by atoms with Crippen molar-refractivity contribution in [2.24, 2.45) is 0 Å². The van der Waals surface area contributed by atoms with Crippen molar-refractivity contribution in [2.45, 2.75) is 0 Å². The maximum atomic E-state index is 13.0. The molecule has 88 valence electrons. The molecule has 1 heterocycles. The molecule has 1 aromatic carbocycles. The fraction of sp³-hybridized carbons (Fsp3) is 0. The van der Waals surface area contributed by atoms with E-state index in [-0.39, 0.29) is 16.8 Å². The van der Waals surface area contributed by atoms with Crippen molar-refractivity contribution in [3.63, 3.8) is 0 Å². The number of benzene rings is 1. The monoisotopic (exact) mass is 242 g/mol. The van der Waals surface area contributed by atoms with Crippen molar-refractivity contribution in [1.82, 2.24) is 10.2 Å². The van der Waals surface area contributed by atoms with Gasteiger partial charge in [-0.05, 0) is 12.1 Å². The molecule has 7 heteroatoms. The van der Waals surface area contributed by atoms with Crippen LogP contribution in [0.2, 0.25) is 0 Å². The Morgan fingerprint density at radius 3 is 2.35 bits per heavy atom. The largest absolute Gasteiger partial charge is 0.478 e. The maximum absolute atomic E-state index is 13.0. The minimum absolute atomic E-state index is 0.0877. The lowest BCUT2D eigenvalue weighted by molar-refractivity contribution is 0.0698. The summed E-state index contributed by atoms with van der Waals surface area (Å²) in [5.74, 6) is -5.71. The molecule has 0 saturated carbocycles. The van der Waals surface area contributed by atoms with Gasteiger partial charge in [0.25, 0.3) is 0 Å². The van der Waals surface area contributed by atoms with Gasteiger partial charge in [-0.15, -0.1) is 0 Å². The van der Waals surface area contributed by atoms with Crippen LogP contribution >= 0.6 is 0 Å². The van der Waals surface area contributed by atoms with E-state index in [1.165, 1.54) is 0 Å². The van der Waals surface area contributed by atoms with Gasteiger partial charge in [0.2, 0.25) is 0 Å². The molecule has 0 aliphatic carbocycles. The molecule has 1 aromatic heterocycles. The highest BCUT2D eigenvalue weighted by Crippen LogP contribution is 2.24. The Morgan fingerprint density at radius 1 is 1.24 bits per heavy atom. The first-order chi connectivity index (χ1) is 8.00. The Hall–Kier alpha value is -2.31. The minimum Gasteiger partial charge on any atom is -0.478 e. The average molecular weight is 242 g/mol. The number of rotatable bonds is 2. The standard InChI is InChI=1S/C10H5F3N2O2/c11-6-1-4(2-7(12)8(6)13)9-5(10(16)17)3-14-15-9/h1-3H,(H,14,15)(H,16,17). The van der Waals surface area contributed by atoms with E-state index in [1.807, 2.05) is 0 Å². The molecule has 2 rings (SSSR count). The van der Waals surface area contributed by atoms with Gasteiger partial charge in [0.05, 0.1) is 11.9 Å². The normalized spacial score (nSPS) is 10.5. The van der Waals surface area contributed by atoms with Crippen LogP contribution < -0.4 is 0 Å². The highest BCUT2D eigenvalue weighted by Gasteiger charge is 2.18. The van der Waals surface area contributed by atoms with Crippen molar-refractivity contribution < 1.29 is 23.1 Å². The Bertz CT molecular complexity index is 572. The van der Waals surface area contributed by atoms with Crippen molar-refractivity contribution >= 4 is 5.97 Å². The van der Waals surface area contributed by atoms with E-state index in [4.69, 9.17) is 5.11 Å². The van der Waals surface area contributed by atoms with Crippen molar-refractivity contribution in [2.75, 3.05) is 0 Å². The molecule has 0 amide bonds. The topological polar surface area (TPSA) is 66.0 Å². The molecule has 0 radical (unpaired) electrons. The maximum Gasteiger partial charge on any atom is 0.339 e. The van der Waals surface area contributed by atoms with E-state index in [1.54, 1.807) is 0 Å².